The number of amides is 1. The van der Waals surface area contributed by atoms with Gasteiger partial charge >= 0.3 is 0 Å². The van der Waals surface area contributed by atoms with Crippen LogP contribution in [0.5, 0.6) is 0 Å². The molecule has 22 heavy (non-hydrogen) atoms. The first-order chi connectivity index (χ1) is 10.4. The Bertz CT molecular complexity index is 373. The van der Waals surface area contributed by atoms with Crippen LogP contribution < -0.4 is 10.6 Å². The number of hydrogen-bond acceptors (Lipinski definition) is 2. The average Bonchev–Trinajstić information content (AvgIpc) is 2.92. The molecule has 0 spiro atoms. The summed E-state index contributed by atoms with van der Waals surface area (Å²) in [6.45, 7) is 11.4. The highest BCUT2D eigenvalue weighted by Crippen LogP contribution is 2.21. The van der Waals surface area contributed by atoms with Gasteiger partial charge in [0.25, 0.3) is 0 Å². The van der Waals surface area contributed by atoms with Gasteiger partial charge < -0.3 is 15.5 Å². The second-order valence-corrected chi connectivity index (χ2v) is 7.34. The van der Waals surface area contributed by atoms with Crippen molar-refractivity contribution in [2.75, 3.05) is 26.7 Å². The molecule has 1 fully saturated rings. The lowest BCUT2D eigenvalue weighted by atomic mass is 9.90. The summed E-state index contributed by atoms with van der Waals surface area (Å²) in [5.74, 6) is 1.10. The molecule has 1 rings (SSSR count). The molecule has 1 unspecified atom stereocenters. The first kappa shape index (κ1) is 18.8. The van der Waals surface area contributed by atoms with Crippen molar-refractivity contribution in [1.29, 1.82) is 0 Å². The molecule has 0 radical (unpaired) electrons. The Hall–Kier alpha value is -1.26. The third kappa shape index (κ3) is 7.14. The summed E-state index contributed by atoms with van der Waals surface area (Å²) in [4.78, 5) is 17.9. The van der Waals surface area contributed by atoms with Gasteiger partial charge in [-0.25, -0.2) is 0 Å². The summed E-state index contributed by atoms with van der Waals surface area (Å²) < 4.78 is 0. The minimum atomic E-state index is 0.245. The molecule has 1 aliphatic heterocycles. The molecule has 0 aromatic rings. The zero-order valence-electron chi connectivity index (χ0n) is 15.0. The smallest absolute Gasteiger partial charge is 0.222 e. The molecule has 0 aromatic heterocycles. The van der Waals surface area contributed by atoms with E-state index in [1.54, 1.807) is 7.05 Å². The largest absolute Gasteiger partial charge is 0.356 e. The van der Waals surface area contributed by atoms with Gasteiger partial charge in [-0.05, 0) is 24.7 Å². The van der Waals surface area contributed by atoms with E-state index in [1.165, 1.54) is 12.8 Å². The number of rotatable bonds is 6. The van der Waals surface area contributed by atoms with Crippen LogP contribution in [0, 0.1) is 5.41 Å². The normalized spacial score (nSPS) is 19.4. The van der Waals surface area contributed by atoms with Crippen LogP contribution in [0.25, 0.3) is 0 Å². The van der Waals surface area contributed by atoms with Crippen LogP contribution in [0.2, 0.25) is 0 Å². The Labute approximate surface area is 135 Å². The van der Waals surface area contributed by atoms with Crippen molar-refractivity contribution in [3.63, 3.8) is 0 Å². The van der Waals surface area contributed by atoms with Crippen molar-refractivity contribution in [2.24, 2.45) is 10.4 Å². The van der Waals surface area contributed by atoms with Gasteiger partial charge in [0.15, 0.2) is 5.96 Å². The summed E-state index contributed by atoms with van der Waals surface area (Å²) >= 11 is 0. The van der Waals surface area contributed by atoms with Crippen molar-refractivity contribution >= 4 is 11.9 Å². The van der Waals surface area contributed by atoms with E-state index in [2.05, 4.69) is 36.4 Å². The van der Waals surface area contributed by atoms with Crippen molar-refractivity contribution in [3.05, 3.63) is 0 Å². The summed E-state index contributed by atoms with van der Waals surface area (Å²) in [7, 11) is 1.80. The van der Waals surface area contributed by atoms with E-state index in [0.29, 0.717) is 17.9 Å². The molecule has 0 saturated carbocycles. The Morgan fingerprint density at radius 2 is 2.05 bits per heavy atom. The van der Waals surface area contributed by atoms with Crippen LogP contribution in [0.15, 0.2) is 4.99 Å². The van der Waals surface area contributed by atoms with E-state index in [1.807, 2.05) is 11.8 Å². The maximum Gasteiger partial charge on any atom is 0.222 e. The second kappa shape index (κ2) is 9.01. The molecule has 5 nitrogen and oxygen atoms in total. The standard InChI is InChI=1S/C17H34N4O/c1-6-15(22)21-12-9-14(13-21)20-16(18-5)19-11-8-7-10-17(2,3)4/h14H,6-13H2,1-5H3,(H2,18,19,20). The second-order valence-electron chi connectivity index (χ2n) is 7.34. The minimum Gasteiger partial charge on any atom is -0.356 e. The van der Waals surface area contributed by atoms with Crippen LogP contribution in [-0.4, -0.2) is 49.5 Å². The van der Waals surface area contributed by atoms with Crippen molar-refractivity contribution in [2.45, 2.75) is 65.8 Å². The van der Waals surface area contributed by atoms with Crippen LogP contribution in [0.3, 0.4) is 0 Å². The predicted octanol–water partition coefficient (Wildman–Crippen LogP) is 2.38. The third-order valence-corrected chi connectivity index (χ3v) is 4.05. The quantitative estimate of drug-likeness (QED) is 0.450. The van der Waals surface area contributed by atoms with Gasteiger partial charge in [0.2, 0.25) is 5.91 Å². The van der Waals surface area contributed by atoms with Gasteiger partial charge in [-0.3, -0.25) is 9.79 Å². The molecule has 1 saturated heterocycles. The molecule has 5 heteroatoms. The Balaban J connectivity index is 2.22. The molecule has 1 aliphatic rings. The molecule has 128 valence electrons. The number of guanidine groups is 1. The Morgan fingerprint density at radius 3 is 2.64 bits per heavy atom. The van der Waals surface area contributed by atoms with E-state index in [4.69, 9.17) is 0 Å². The van der Waals surface area contributed by atoms with E-state index < -0.39 is 0 Å². The number of carbonyl (C=O) groups is 1. The number of nitrogens with zero attached hydrogens (tertiary/aromatic N) is 2. The molecule has 0 aliphatic carbocycles. The van der Waals surface area contributed by atoms with E-state index >= 15 is 0 Å². The number of aliphatic imine (C=N–C) groups is 1. The summed E-state index contributed by atoms with van der Waals surface area (Å²) in [6, 6.07) is 0.316. The highest BCUT2D eigenvalue weighted by molar-refractivity contribution is 5.80. The lowest BCUT2D eigenvalue weighted by Gasteiger charge is -2.20. The van der Waals surface area contributed by atoms with Gasteiger partial charge in [0.1, 0.15) is 0 Å². The highest BCUT2D eigenvalue weighted by Gasteiger charge is 2.25. The summed E-state index contributed by atoms with van der Waals surface area (Å²) in [5.41, 5.74) is 0.416. The maximum atomic E-state index is 11.7. The molecular formula is C17H34N4O. The average molecular weight is 310 g/mol. The molecule has 1 heterocycles. The van der Waals surface area contributed by atoms with Gasteiger partial charge in [0.05, 0.1) is 0 Å². The predicted molar refractivity (Wildman–Crippen MR) is 93.1 cm³/mol. The van der Waals surface area contributed by atoms with Crippen molar-refractivity contribution in [3.8, 4) is 0 Å². The van der Waals surface area contributed by atoms with Gasteiger partial charge in [-0.15, -0.1) is 0 Å². The molecule has 2 N–H and O–H groups in total. The van der Waals surface area contributed by atoms with Gasteiger partial charge in [-0.1, -0.05) is 34.1 Å². The SMILES string of the molecule is CCC(=O)N1CCC(NC(=NC)NCCCCC(C)(C)C)C1. The Morgan fingerprint density at radius 1 is 1.32 bits per heavy atom. The van der Waals surface area contributed by atoms with Crippen molar-refractivity contribution < 1.29 is 4.79 Å². The number of carbonyl (C=O) groups excluding carboxylic acids is 1. The fourth-order valence-corrected chi connectivity index (χ4v) is 2.70. The van der Waals surface area contributed by atoms with E-state index in [0.717, 1.165) is 38.4 Å². The fraction of sp³-hybridized carbons (Fsp3) is 0.882. The maximum absolute atomic E-state index is 11.7. The zero-order valence-corrected chi connectivity index (χ0v) is 15.0. The number of likely N-dealkylation sites (tertiary alicyclic amines) is 1. The van der Waals surface area contributed by atoms with E-state index in [-0.39, 0.29) is 5.91 Å². The monoisotopic (exact) mass is 310 g/mol. The molecular weight excluding hydrogens is 276 g/mol. The topological polar surface area (TPSA) is 56.7 Å². The fourth-order valence-electron chi connectivity index (χ4n) is 2.70. The number of unbranched alkanes of at least 4 members (excludes halogenated alkanes) is 1. The van der Waals surface area contributed by atoms with E-state index in [9.17, 15) is 4.79 Å². The Kier molecular flexibility index (Phi) is 7.69. The molecule has 1 atom stereocenters. The molecule has 0 aromatic carbocycles. The number of nitrogens with one attached hydrogen (secondary N) is 2. The lowest BCUT2D eigenvalue weighted by molar-refractivity contribution is -0.129. The minimum absolute atomic E-state index is 0.245. The molecule has 1 amide bonds. The first-order valence-electron chi connectivity index (χ1n) is 8.60. The van der Waals surface area contributed by atoms with Crippen LogP contribution in [-0.2, 0) is 4.79 Å². The highest BCUT2D eigenvalue weighted by atomic mass is 16.2. The summed E-state index contributed by atoms with van der Waals surface area (Å²) in [6.07, 6.45) is 5.22. The zero-order chi connectivity index (χ0) is 16.6. The third-order valence-electron chi connectivity index (χ3n) is 4.05. The summed E-state index contributed by atoms with van der Waals surface area (Å²) in [5, 5.41) is 6.80. The van der Waals surface area contributed by atoms with Gasteiger partial charge in [0, 0.05) is 39.1 Å². The van der Waals surface area contributed by atoms with Crippen LogP contribution in [0.4, 0.5) is 0 Å². The first-order valence-corrected chi connectivity index (χ1v) is 8.60. The van der Waals surface area contributed by atoms with Gasteiger partial charge in [-0.2, -0.15) is 0 Å². The van der Waals surface area contributed by atoms with Crippen molar-refractivity contribution in [1.82, 2.24) is 15.5 Å². The molecule has 0 bridgehead atoms. The van der Waals surface area contributed by atoms with Crippen LogP contribution in [0.1, 0.15) is 59.8 Å². The lowest BCUT2D eigenvalue weighted by Crippen LogP contribution is -2.45. The number of hydrogen-bond donors (Lipinski definition) is 2. The van der Waals surface area contributed by atoms with Crippen LogP contribution >= 0.6 is 0 Å².